The van der Waals surface area contributed by atoms with Gasteiger partial charge in [0.2, 0.25) is 0 Å². The highest BCUT2D eigenvalue weighted by Crippen LogP contribution is 2.08. The summed E-state index contributed by atoms with van der Waals surface area (Å²) in [5.74, 6) is -1.39. The number of carbonyl (C=O) groups excluding carboxylic acids is 2. The van der Waals surface area contributed by atoms with E-state index in [4.69, 9.17) is 0 Å². The molecule has 1 heterocycles. The van der Waals surface area contributed by atoms with Gasteiger partial charge in [0.25, 0.3) is 0 Å². The van der Waals surface area contributed by atoms with Gasteiger partial charge in [-0.15, -0.1) is 0 Å². The summed E-state index contributed by atoms with van der Waals surface area (Å²) in [5.41, 5.74) is 1.49. The van der Waals surface area contributed by atoms with Crippen molar-refractivity contribution in [2.24, 2.45) is 7.05 Å². The average molecular weight is 318 g/mol. The van der Waals surface area contributed by atoms with Crippen LogP contribution in [0.1, 0.15) is 18.2 Å². The summed E-state index contributed by atoms with van der Waals surface area (Å²) in [4.78, 5) is 23.8. The molecule has 2 N–H and O–H groups in total. The second kappa shape index (κ2) is 7.04. The van der Waals surface area contributed by atoms with E-state index in [1.165, 1.54) is 16.8 Å². The van der Waals surface area contributed by atoms with Crippen LogP contribution < -0.4 is 10.6 Å². The van der Waals surface area contributed by atoms with Gasteiger partial charge in [-0.2, -0.15) is 5.10 Å². The summed E-state index contributed by atoms with van der Waals surface area (Å²) in [7, 11) is 1.67. The van der Waals surface area contributed by atoms with Gasteiger partial charge < -0.3 is 10.6 Å². The van der Waals surface area contributed by atoms with E-state index in [0.717, 1.165) is 11.3 Å². The normalized spacial score (nSPS) is 11.8. The Kier molecular flexibility index (Phi) is 5.10. The minimum absolute atomic E-state index is 0.302. The van der Waals surface area contributed by atoms with Crippen molar-refractivity contribution in [2.45, 2.75) is 26.3 Å². The molecule has 1 aromatic heterocycles. The van der Waals surface area contributed by atoms with E-state index in [0.29, 0.717) is 12.2 Å². The molecular weight excluding hydrogens is 299 g/mol. The number of nitrogens with zero attached hydrogens (tertiary/aromatic N) is 2. The minimum Gasteiger partial charge on any atom is -0.345 e. The van der Waals surface area contributed by atoms with E-state index in [-0.39, 0.29) is 11.9 Å². The van der Waals surface area contributed by atoms with Crippen molar-refractivity contribution < 1.29 is 14.0 Å². The van der Waals surface area contributed by atoms with Gasteiger partial charge in [0.05, 0.1) is 5.69 Å². The van der Waals surface area contributed by atoms with Crippen molar-refractivity contribution in [3.8, 4) is 0 Å². The summed E-state index contributed by atoms with van der Waals surface area (Å²) in [6.45, 7) is 3.54. The Bertz CT molecular complexity index is 727. The monoisotopic (exact) mass is 318 g/mol. The predicted molar refractivity (Wildman–Crippen MR) is 84.3 cm³/mol. The lowest BCUT2D eigenvalue weighted by atomic mass is 10.1. The molecule has 6 nitrogen and oxygen atoms in total. The number of benzene rings is 1. The maximum atomic E-state index is 13.1. The van der Waals surface area contributed by atoms with E-state index in [1.807, 2.05) is 0 Å². The third-order valence-corrected chi connectivity index (χ3v) is 3.26. The van der Waals surface area contributed by atoms with Crippen molar-refractivity contribution in [3.63, 3.8) is 0 Å². The second-order valence-corrected chi connectivity index (χ2v) is 5.46. The van der Waals surface area contributed by atoms with E-state index >= 15 is 0 Å². The average Bonchev–Trinajstić information content (AvgIpc) is 2.76. The third-order valence-electron chi connectivity index (χ3n) is 3.26. The number of halogens is 1. The molecule has 0 fully saturated rings. The Morgan fingerprint density at radius 2 is 2.04 bits per heavy atom. The lowest BCUT2D eigenvalue weighted by molar-refractivity contribution is -0.136. The largest absolute Gasteiger partial charge is 0.345 e. The Morgan fingerprint density at radius 1 is 1.30 bits per heavy atom. The number of rotatable bonds is 4. The number of anilines is 1. The van der Waals surface area contributed by atoms with Crippen LogP contribution in [-0.4, -0.2) is 27.6 Å². The number of amides is 2. The summed E-state index contributed by atoms with van der Waals surface area (Å²) in [5, 5.41) is 9.17. The molecule has 0 spiro atoms. The first-order chi connectivity index (χ1) is 10.8. The van der Waals surface area contributed by atoms with E-state index < -0.39 is 11.8 Å². The quantitative estimate of drug-likeness (QED) is 0.840. The number of carbonyl (C=O) groups is 2. The van der Waals surface area contributed by atoms with Crippen LogP contribution in [0.3, 0.4) is 0 Å². The molecule has 0 aliphatic heterocycles. The molecule has 122 valence electrons. The number of aromatic nitrogens is 2. The molecule has 1 aromatic carbocycles. The molecule has 0 saturated heterocycles. The first-order valence-corrected chi connectivity index (χ1v) is 7.22. The standard InChI is InChI=1S/C16H19FN4O2/c1-10(7-12-5-4-6-13(17)9-12)18-15(22)16(23)19-14-8-11(2)20-21(14)3/h4-6,8-10H,7H2,1-3H3,(H,18,22)(H,19,23). The maximum Gasteiger partial charge on any atom is 0.314 e. The molecule has 0 bridgehead atoms. The zero-order chi connectivity index (χ0) is 17.0. The molecule has 2 aromatic rings. The third kappa shape index (κ3) is 4.64. The fourth-order valence-corrected chi connectivity index (χ4v) is 2.26. The van der Waals surface area contributed by atoms with Gasteiger partial charge in [-0.25, -0.2) is 4.39 Å². The highest BCUT2D eigenvalue weighted by atomic mass is 19.1. The van der Waals surface area contributed by atoms with Crippen molar-refractivity contribution in [1.29, 1.82) is 0 Å². The Labute approximate surface area is 133 Å². The number of aryl methyl sites for hydroxylation is 2. The zero-order valence-corrected chi connectivity index (χ0v) is 13.3. The molecular formula is C16H19FN4O2. The van der Waals surface area contributed by atoms with Crippen LogP contribution in [0.4, 0.5) is 10.2 Å². The van der Waals surface area contributed by atoms with Crippen LogP contribution >= 0.6 is 0 Å². The predicted octanol–water partition coefficient (Wildman–Crippen LogP) is 1.55. The second-order valence-electron chi connectivity index (χ2n) is 5.46. The van der Waals surface area contributed by atoms with Gasteiger partial charge in [0.15, 0.2) is 0 Å². The fourth-order valence-electron chi connectivity index (χ4n) is 2.26. The van der Waals surface area contributed by atoms with Crippen LogP contribution in [-0.2, 0) is 23.1 Å². The summed E-state index contributed by atoms with van der Waals surface area (Å²) >= 11 is 0. The van der Waals surface area contributed by atoms with Gasteiger partial charge in [0.1, 0.15) is 11.6 Å². The maximum absolute atomic E-state index is 13.1. The van der Waals surface area contributed by atoms with Crippen molar-refractivity contribution in [2.75, 3.05) is 5.32 Å². The molecule has 0 aliphatic carbocycles. The van der Waals surface area contributed by atoms with Gasteiger partial charge in [0, 0.05) is 19.2 Å². The summed E-state index contributed by atoms with van der Waals surface area (Å²) < 4.78 is 14.6. The van der Waals surface area contributed by atoms with Crippen molar-refractivity contribution in [1.82, 2.24) is 15.1 Å². The summed E-state index contributed by atoms with van der Waals surface area (Å²) in [6.07, 6.45) is 0.432. The molecule has 1 atom stereocenters. The van der Waals surface area contributed by atoms with Gasteiger partial charge in [-0.3, -0.25) is 14.3 Å². The van der Waals surface area contributed by atoms with Crippen molar-refractivity contribution in [3.05, 3.63) is 47.4 Å². The first kappa shape index (κ1) is 16.7. The first-order valence-electron chi connectivity index (χ1n) is 7.22. The number of nitrogens with one attached hydrogen (secondary N) is 2. The van der Waals surface area contributed by atoms with Crippen LogP contribution in [0.25, 0.3) is 0 Å². The topological polar surface area (TPSA) is 76.0 Å². The molecule has 0 radical (unpaired) electrons. The van der Waals surface area contributed by atoms with E-state index in [1.54, 1.807) is 39.1 Å². The van der Waals surface area contributed by atoms with E-state index in [9.17, 15) is 14.0 Å². The molecule has 7 heteroatoms. The lowest BCUT2D eigenvalue weighted by Gasteiger charge is -2.14. The van der Waals surface area contributed by atoms with Gasteiger partial charge >= 0.3 is 11.8 Å². The van der Waals surface area contributed by atoms with E-state index in [2.05, 4.69) is 15.7 Å². The lowest BCUT2D eigenvalue weighted by Crippen LogP contribution is -2.41. The number of hydrogen-bond acceptors (Lipinski definition) is 3. The molecule has 0 saturated carbocycles. The Hall–Kier alpha value is -2.70. The SMILES string of the molecule is Cc1cc(NC(=O)C(=O)NC(C)Cc2cccc(F)c2)n(C)n1. The van der Waals surface area contributed by atoms with Gasteiger partial charge in [-0.1, -0.05) is 12.1 Å². The van der Waals surface area contributed by atoms with Crippen molar-refractivity contribution >= 4 is 17.6 Å². The highest BCUT2D eigenvalue weighted by molar-refractivity contribution is 6.39. The minimum atomic E-state index is -0.765. The zero-order valence-electron chi connectivity index (χ0n) is 13.3. The number of hydrogen-bond donors (Lipinski definition) is 2. The molecule has 2 amide bonds. The Balaban J connectivity index is 1.90. The van der Waals surface area contributed by atoms with Gasteiger partial charge in [-0.05, 0) is 38.0 Å². The van der Waals surface area contributed by atoms with Crippen LogP contribution in [0, 0.1) is 12.7 Å². The molecule has 1 unspecified atom stereocenters. The van der Waals surface area contributed by atoms with Crippen LogP contribution in [0.5, 0.6) is 0 Å². The molecule has 0 aliphatic rings. The van der Waals surface area contributed by atoms with Crippen LogP contribution in [0.2, 0.25) is 0 Å². The summed E-state index contributed by atoms with van der Waals surface area (Å²) in [6, 6.07) is 7.50. The Morgan fingerprint density at radius 3 is 2.65 bits per heavy atom. The fraction of sp³-hybridized carbons (Fsp3) is 0.312. The van der Waals surface area contributed by atoms with Crippen LogP contribution in [0.15, 0.2) is 30.3 Å². The highest BCUT2D eigenvalue weighted by Gasteiger charge is 2.18. The smallest absolute Gasteiger partial charge is 0.314 e. The molecule has 2 rings (SSSR count). The molecule has 23 heavy (non-hydrogen) atoms.